The topological polar surface area (TPSA) is 112 Å². The van der Waals surface area contributed by atoms with Crippen molar-refractivity contribution < 1.29 is 9.66 Å². The number of nitrogens with zero attached hydrogens (tertiary/aromatic N) is 4. The van der Waals surface area contributed by atoms with Gasteiger partial charge in [0.15, 0.2) is 0 Å². The first kappa shape index (κ1) is 24.8. The molecule has 2 aromatic heterocycles. The average Bonchev–Trinajstić information content (AvgIpc) is 2.82. The Labute approximate surface area is 208 Å². The van der Waals surface area contributed by atoms with E-state index in [-0.39, 0.29) is 28.3 Å². The summed E-state index contributed by atoms with van der Waals surface area (Å²) in [5, 5.41) is 15.5. The number of aryl methyl sites for hydroxylation is 2. The third kappa shape index (κ3) is 4.91. The van der Waals surface area contributed by atoms with E-state index in [9.17, 15) is 14.9 Å². The molecule has 4 aromatic rings. The van der Waals surface area contributed by atoms with E-state index in [0.29, 0.717) is 22.9 Å². The summed E-state index contributed by atoms with van der Waals surface area (Å²) in [6.07, 6.45) is 1.83. The minimum Gasteiger partial charge on any atom is -0.496 e. The third-order valence-electron chi connectivity index (χ3n) is 6.08. The molecule has 36 heavy (non-hydrogen) atoms. The van der Waals surface area contributed by atoms with Gasteiger partial charge >= 0.3 is 0 Å². The summed E-state index contributed by atoms with van der Waals surface area (Å²) >= 11 is 0. The molecule has 1 N–H and O–H groups in total. The fourth-order valence-electron chi connectivity index (χ4n) is 4.28. The first-order chi connectivity index (χ1) is 17.1. The van der Waals surface area contributed by atoms with E-state index >= 15 is 0 Å². The second-order valence-electron chi connectivity index (χ2n) is 9.17. The zero-order valence-electron chi connectivity index (χ0n) is 21.2. The molecule has 0 saturated heterocycles. The van der Waals surface area contributed by atoms with Gasteiger partial charge in [0.25, 0.3) is 11.2 Å². The van der Waals surface area contributed by atoms with E-state index < -0.39 is 0 Å². The summed E-state index contributed by atoms with van der Waals surface area (Å²) in [6.45, 7) is 9.50. The van der Waals surface area contributed by atoms with Crippen molar-refractivity contribution in [1.29, 1.82) is 0 Å². The molecule has 0 unspecified atom stereocenters. The number of benzene rings is 2. The predicted octanol–water partition coefficient (Wildman–Crippen LogP) is 5.75. The molecule has 0 aliphatic heterocycles. The summed E-state index contributed by atoms with van der Waals surface area (Å²) in [4.78, 5) is 32.5. The Morgan fingerprint density at radius 1 is 1.06 bits per heavy atom. The van der Waals surface area contributed by atoms with E-state index in [1.54, 1.807) is 35.9 Å². The van der Waals surface area contributed by atoms with Crippen molar-refractivity contribution in [2.45, 2.75) is 46.7 Å². The number of ether oxygens (including phenoxy) is 1. The van der Waals surface area contributed by atoms with Crippen LogP contribution in [0.3, 0.4) is 0 Å². The van der Waals surface area contributed by atoms with Crippen LogP contribution in [0.4, 0.5) is 11.5 Å². The number of hydrogen-bond acceptors (Lipinski definition) is 7. The lowest BCUT2D eigenvalue weighted by atomic mass is 10.0. The minimum absolute atomic E-state index is 0.00588. The van der Waals surface area contributed by atoms with Crippen molar-refractivity contribution in [3.8, 4) is 16.9 Å². The lowest BCUT2D eigenvalue weighted by Gasteiger charge is -2.19. The molecule has 0 bridgehead atoms. The van der Waals surface area contributed by atoms with Crippen LogP contribution in [-0.4, -0.2) is 26.6 Å². The van der Waals surface area contributed by atoms with Crippen LogP contribution in [0.1, 0.15) is 49.8 Å². The highest BCUT2D eigenvalue weighted by molar-refractivity contribution is 5.95. The number of nitrogens with one attached hydrogen (secondary N) is 1. The number of nitro benzene ring substituents is 1. The van der Waals surface area contributed by atoms with Crippen molar-refractivity contribution in [3.63, 3.8) is 0 Å². The summed E-state index contributed by atoms with van der Waals surface area (Å²) in [5.74, 6) is 1.81. The van der Waals surface area contributed by atoms with Crippen LogP contribution in [0.15, 0.2) is 53.5 Å². The van der Waals surface area contributed by atoms with Crippen LogP contribution in [-0.2, 0) is 0 Å². The number of aromatic nitrogens is 3. The smallest absolute Gasteiger partial charge is 0.270 e. The maximum absolute atomic E-state index is 12.3. The first-order valence-corrected chi connectivity index (χ1v) is 11.7. The van der Waals surface area contributed by atoms with Crippen LogP contribution in [0, 0.1) is 24.0 Å². The summed E-state index contributed by atoms with van der Waals surface area (Å²) in [6, 6.07) is 11.9. The molecule has 0 amide bonds. The van der Waals surface area contributed by atoms with Gasteiger partial charge in [-0.2, -0.15) is 0 Å². The van der Waals surface area contributed by atoms with E-state index in [1.807, 2.05) is 59.0 Å². The van der Waals surface area contributed by atoms with Crippen LogP contribution in [0.25, 0.3) is 22.0 Å². The molecular formula is C27H29N5O4. The average molecular weight is 488 g/mol. The molecule has 0 spiro atoms. The Morgan fingerprint density at radius 3 is 2.47 bits per heavy atom. The molecule has 0 fully saturated rings. The Morgan fingerprint density at radius 2 is 1.81 bits per heavy atom. The van der Waals surface area contributed by atoms with Crippen LogP contribution in [0.2, 0.25) is 0 Å². The maximum Gasteiger partial charge on any atom is 0.270 e. The third-order valence-corrected chi connectivity index (χ3v) is 6.08. The van der Waals surface area contributed by atoms with Gasteiger partial charge in [-0.05, 0) is 57.9 Å². The van der Waals surface area contributed by atoms with Gasteiger partial charge < -0.3 is 14.6 Å². The van der Waals surface area contributed by atoms with Gasteiger partial charge in [-0.25, -0.2) is 9.97 Å². The Balaban J connectivity index is 1.84. The zero-order chi connectivity index (χ0) is 26.1. The van der Waals surface area contributed by atoms with Gasteiger partial charge in [-0.15, -0.1) is 0 Å². The number of methoxy groups -OCH3 is 1. The highest BCUT2D eigenvalue weighted by atomic mass is 16.6. The number of rotatable bonds is 7. The highest BCUT2D eigenvalue weighted by Gasteiger charge is 2.18. The van der Waals surface area contributed by atoms with Crippen LogP contribution < -0.4 is 15.6 Å². The van der Waals surface area contributed by atoms with Gasteiger partial charge in [0, 0.05) is 53.0 Å². The molecule has 0 aliphatic carbocycles. The largest absolute Gasteiger partial charge is 0.496 e. The molecule has 0 saturated carbocycles. The molecule has 9 heteroatoms. The van der Waals surface area contributed by atoms with E-state index in [0.717, 1.165) is 27.6 Å². The summed E-state index contributed by atoms with van der Waals surface area (Å²) in [7, 11) is 1.60. The van der Waals surface area contributed by atoms with Gasteiger partial charge in [0.05, 0.1) is 23.6 Å². The molecular weight excluding hydrogens is 458 g/mol. The fraction of sp³-hybridized carbons (Fsp3) is 0.296. The second kappa shape index (κ2) is 9.77. The second-order valence-corrected chi connectivity index (χ2v) is 9.17. The zero-order valence-corrected chi connectivity index (χ0v) is 21.2. The Hall–Kier alpha value is -4.27. The lowest BCUT2D eigenvalue weighted by Crippen LogP contribution is -2.20. The number of anilines is 1. The van der Waals surface area contributed by atoms with Crippen LogP contribution in [0.5, 0.6) is 5.75 Å². The molecule has 186 valence electrons. The predicted molar refractivity (Wildman–Crippen MR) is 141 cm³/mol. The molecule has 2 aromatic carbocycles. The monoisotopic (exact) mass is 487 g/mol. The van der Waals surface area contributed by atoms with Crippen LogP contribution >= 0.6 is 0 Å². The molecule has 0 aliphatic rings. The van der Waals surface area contributed by atoms with Crippen molar-refractivity contribution in [1.82, 2.24) is 14.5 Å². The highest BCUT2D eigenvalue weighted by Crippen LogP contribution is 2.36. The first-order valence-electron chi connectivity index (χ1n) is 11.7. The molecule has 2 heterocycles. The van der Waals surface area contributed by atoms with Crippen molar-refractivity contribution in [2.75, 3.05) is 12.4 Å². The molecule has 4 rings (SSSR count). The van der Waals surface area contributed by atoms with E-state index in [4.69, 9.17) is 4.74 Å². The number of hydrogen-bond donors (Lipinski definition) is 1. The summed E-state index contributed by atoms with van der Waals surface area (Å²) < 4.78 is 7.36. The Kier molecular flexibility index (Phi) is 6.74. The summed E-state index contributed by atoms with van der Waals surface area (Å²) in [5.41, 5.74) is 3.90. The molecule has 0 radical (unpaired) electrons. The quantitative estimate of drug-likeness (QED) is 0.261. The standard InChI is InChI=1S/C27H29N5O4/c1-15(2)31-14-19(7-8-26(31)33)22-12-23-24(13-25(22)36-6)29-18(5)30-27(23)28-17(4)20-9-16(3)10-21(11-20)32(34)35/h7-15,17H,1-6H3,(H,28,29,30)/t17-/m1/s1. The number of fused-ring (bicyclic) bond motifs is 1. The fourth-order valence-corrected chi connectivity index (χ4v) is 4.28. The van der Waals surface area contributed by atoms with Gasteiger partial charge in [-0.3, -0.25) is 14.9 Å². The molecule has 1 atom stereocenters. The minimum atomic E-state index is -0.386. The van der Waals surface area contributed by atoms with Gasteiger partial charge in [0.1, 0.15) is 17.4 Å². The van der Waals surface area contributed by atoms with Gasteiger partial charge in [-0.1, -0.05) is 6.07 Å². The number of pyridine rings is 1. The van der Waals surface area contributed by atoms with Crippen molar-refractivity contribution in [3.05, 3.63) is 86.1 Å². The SMILES string of the molecule is COc1cc2nc(C)nc(N[C@H](C)c3cc(C)cc([N+](=O)[O-])c3)c2cc1-c1ccc(=O)n(C(C)C)c1. The van der Waals surface area contributed by atoms with Crippen molar-refractivity contribution >= 4 is 22.4 Å². The van der Waals surface area contributed by atoms with Gasteiger partial charge in [0.2, 0.25) is 0 Å². The normalized spacial score (nSPS) is 12.1. The lowest BCUT2D eigenvalue weighted by molar-refractivity contribution is -0.385. The van der Waals surface area contributed by atoms with E-state index in [2.05, 4.69) is 15.3 Å². The number of non-ortho nitro benzene ring substituents is 1. The Bertz CT molecular complexity index is 1530. The maximum atomic E-state index is 12.3. The van der Waals surface area contributed by atoms with E-state index in [1.165, 1.54) is 0 Å². The number of nitro groups is 1. The molecule has 9 nitrogen and oxygen atoms in total. The van der Waals surface area contributed by atoms with Crippen molar-refractivity contribution in [2.24, 2.45) is 0 Å².